The lowest BCUT2D eigenvalue weighted by atomic mass is 9.99. The molecule has 1 amide bonds. The van der Waals surface area contributed by atoms with Gasteiger partial charge in [-0.05, 0) is 12.1 Å². The SMILES string of the molecule is CCc1nc2c(c(-c3ccc(Cl)cc3)n1)CN(C(=O)COC)CC2. The van der Waals surface area contributed by atoms with Crippen LogP contribution in [0.1, 0.15) is 24.0 Å². The van der Waals surface area contributed by atoms with Gasteiger partial charge in [-0.15, -0.1) is 0 Å². The third-order valence-electron chi connectivity index (χ3n) is 4.16. The maximum Gasteiger partial charge on any atom is 0.248 e. The molecule has 0 fully saturated rings. The highest BCUT2D eigenvalue weighted by atomic mass is 35.5. The van der Waals surface area contributed by atoms with Crippen LogP contribution in [0.15, 0.2) is 24.3 Å². The summed E-state index contributed by atoms with van der Waals surface area (Å²) in [5.74, 6) is 0.820. The highest BCUT2D eigenvalue weighted by Crippen LogP contribution is 2.29. The van der Waals surface area contributed by atoms with Gasteiger partial charge in [0.25, 0.3) is 0 Å². The summed E-state index contributed by atoms with van der Waals surface area (Å²) in [6.07, 6.45) is 1.51. The first-order valence-corrected chi connectivity index (χ1v) is 8.41. The fourth-order valence-electron chi connectivity index (χ4n) is 2.90. The van der Waals surface area contributed by atoms with E-state index in [0.29, 0.717) is 18.1 Å². The van der Waals surface area contributed by atoms with E-state index in [2.05, 4.69) is 4.98 Å². The van der Waals surface area contributed by atoms with Crippen molar-refractivity contribution < 1.29 is 9.53 Å². The molecule has 1 aliphatic rings. The van der Waals surface area contributed by atoms with Crippen LogP contribution in [-0.2, 0) is 28.9 Å². The van der Waals surface area contributed by atoms with Crippen LogP contribution >= 0.6 is 11.6 Å². The van der Waals surface area contributed by atoms with Crippen molar-refractivity contribution in [3.05, 3.63) is 46.4 Å². The highest BCUT2D eigenvalue weighted by Gasteiger charge is 2.25. The van der Waals surface area contributed by atoms with Crippen molar-refractivity contribution in [2.45, 2.75) is 26.3 Å². The van der Waals surface area contributed by atoms with E-state index in [1.165, 1.54) is 7.11 Å². The van der Waals surface area contributed by atoms with Crippen molar-refractivity contribution in [1.82, 2.24) is 14.9 Å². The lowest BCUT2D eigenvalue weighted by molar-refractivity contribution is -0.136. The van der Waals surface area contributed by atoms with Gasteiger partial charge in [-0.1, -0.05) is 30.7 Å². The van der Waals surface area contributed by atoms with Crippen LogP contribution in [0.3, 0.4) is 0 Å². The largest absolute Gasteiger partial charge is 0.375 e. The number of methoxy groups -OCH3 is 1. The zero-order valence-electron chi connectivity index (χ0n) is 13.9. The number of aryl methyl sites for hydroxylation is 1. The molecular formula is C18H20ClN3O2. The van der Waals surface area contributed by atoms with Crippen LogP contribution in [0, 0.1) is 0 Å². The summed E-state index contributed by atoms with van der Waals surface area (Å²) in [6, 6.07) is 7.63. The molecule has 6 heteroatoms. The number of carbonyl (C=O) groups excluding carboxylic acids is 1. The lowest BCUT2D eigenvalue weighted by Crippen LogP contribution is -2.39. The van der Waals surface area contributed by atoms with Gasteiger partial charge in [0, 0.05) is 49.2 Å². The molecule has 0 saturated heterocycles. The van der Waals surface area contributed by atoms with Gasteiger partial charge < -0.3 is 9.64 Å². The fourth-order valence-corrected chi connectivity index (χ4v) is 3.02. The zero-order valence-corrected chi connectivity index (χ0v) is 14.6. The molecule has 0 aliphatic carbocycles. The van der Waals surface area contributed by atoms with Gasteiger partial charge in [0.2, 0.25) is 5.91 Å². The molecule has 1 aliphatic heterocycles. The first-order valence-electron chi connectivity index (χ1n) is 8.03. The number of benzene rings is 1. The Kier molecular flexibility index (Phi) is 5.11. The second kappa shape index (κ2) is 7.28. The summed E-state index contributed by atoms with van der Waals surface area (Å²) in [4.78, 5) is 23.4. The Hall–Kier alpha value is -1.98. The van der Waals surface area contributed by atoms with Crippen molar-refractivity contribution in [2.75, 3.05) is 20.3 Å². The van der Waals surface area contributed by atoms with Crippen LogP contribution in [0.4, 0.5) is 0 Å². The van der Waals surface area contributed by atoms with E-state index < -0.39 is 0 Å². The highest BCUT2D eigenvalue weighted by molar-refractivity contribution is 6.30. The minimum Gasteiger partial charge on any atom is -0.375 e. The van der Waals surface area contributed by atoms with E-state index in [1.54, 1.807) is 4.90 Å². The van der Waals surface area contributed by atoms with E-state index in [0.717, 1.165) is 41.2 Å². The number of halogens is 1. The molecule has 24 heavy (non-hydrogen) atoms. The molecule has 1 aromatic carbocycles. The Morgan fingerprint density at radius 2 is 2.04 bits per heavy atom. The number of aromatic nitrogens is 2. The number of amides is 1. The van der Waals surface area contributed by atoms with Crippen LogP contribution in [-0.4, -0.2) is 41.0 Å². The number of hydrogen-bond acceptors (Lipinski definition) is 4. The number of fused-ring (bicyclic) bond motifs is 1. The van der Waals surface area contributed by atoms with Gasteiger partial charge in [-0.25, -0.2) is 9.97 Å². The van der Waals surface area contributed by atoms with Crippen molar-refractivity contribution in [3.63, 3.8) is 0 Å². The molecular weight excluding hydrogens is 326 g/mol. The third-order valence-corrected chi connectivity index (χ3v) is 4.41. The first-order chi connectivity index (χ1) is 11.6. The number of carbonyl (C=O) groups is 1. The number of nitrogens with zero attached hydrogens (tertiary/aromatic N) is 3. The second-order valence-corrected chi connectivity index (χ2v) is 6.21. The summed E-state index contributed by atoms with van der Waals surface area (Å²) >= 11 is 6.00. The van der Waals surface area contributed by atoms with Crippen molar-refractivity contribution in [1.29, 1.82) is 0 Å². The smallest absolute Gasteiger partial charge is 0.248 e. The molecule has 126 valence electrons. The molecule has 3 rings (SSSR count). The lowest BCUT2D eigenvalue weighted by Gasteiger charge is -2.29. The first kappa shape index (κ1) is 16.9. The standard InChI is InChI=1S/C18H20ClN3O2/c1-3-16-20-15-8-9-22(17(23)11-24-2)10-14(15)18(21-16)12-4-6-13(19)7-5-12/h4-7H,3,8-11H2,1-2H3. The summed E-state index contributed by atoms with van der Waals surface area (Å²) in [6.45, 7) is 3.32. The van der Waals surface area contributed by atoms with Crippen molar-refractivity contribution in [2.24, 2.45) is 0 Å². The summed E-state index contributed by atoms with van der Waals surface area (Å²) in [5.41, 5.74) is 3.94. The summed E-state index contributed by atoms with van der Waals surface area (Å²) < 4.78 is 4.97. The molecule has 1 aromatic heterocycles. The molecule has 2 heterocycles. The topological polar surface area (TPSA) is 55.3 Å². The van der Waals surface area contributed by atoms with Crippen LogP contribution in [0.5, 0.6) is 0 Å². The Balaban J connectivity index is 2.02. The number of rotatable bonds is 4. The fraction of sp³-hybridized carbons (Fsp3) is 0.389. The van der Waals surface area contributed by atoms with E-state index in [-0.39, 0.29) is 12.5 Å². The monoisotopic (exact) mass is 345 g/mol. The molecule has 5 nitrogen and oxygen atoms in total. The number of ether oxygens (including phenoxy) is 1. The minimum absolute atomic E-state index is 0.00947. The molecule has 0 atom stereocenters. The molecule has 0 bridgehead atoms. The predicted octanol–water partition coefficient (Wildman–Crippen LogP) is 2.89. The Morgan fingerprint density at radius 3 is 2.71 bits per heavy atom. The average Bonchev–Trinajstić information content (AvgIpc) is 2.61. The second-order valence-electron chi connectivity index (χ2n) is 5.77. The molecule has 0 N–H and O–H groups in total. The quantitative estimate of drug-likeness (QED) is 0.855. The average molecular weight is 346 g/mol. The Bertz CT molecular complexity index is 747. The van der Waals surface area contributed by atoms with E-state index in [9.17, 15) is 4.79 Å². The van der Waals surface area contributed by atoms with Gasteiger partial charge in [0.1, 0.15) is 12.4 Å². The summed E-state index contributed by atoms with van der Waals surface area (Å²) in [7, 11) is 1.53. The van der Waals surface area contributed by atoms with Crippen molar-refractivity contribution >= 4 is 17.5 Å². The van der Waals surface area contributed by atoms with Gasteiger partial charge in [0.15, 0.2) is 0 Å². The maximum atomic E-state index is 12.2. The maximum absolute atomic E-state index is 12.2. The Morgan fingerprint density at radius 1 is 1.29 bits per heavy atom. The molecule has 0 spiro atoms. The van der Waals surface area contributed by atoms with E-state index in [4.69, 9.17) is 21.3 Å². The van der Waals surface area contributed by atoms with Crippen LogP contribution < -0.4 is 0 Å². The molecule has 0 unspecified atom stereocenters. The normalized spacial score (nSPS) is 13.7. The van der Waals surface area contributed by atoms with Gasteiger partial charge in [-0.2, -0.15) is 0 Å². The Labute approximate surface area is 146 Å². The van der Waals surface area contributed by atoms with Gasteiger partial charge >= 0.3 is 0 Å². The summed E-state index contributed by atoms with van der Waals surface area (Å²) in [5, 5.41) is 0.689. The van der Waals surface area contributed by atoms with E-state index >= 15 is 0 Å². The van der Waals surface area contributed by atoms with Gasteiger partial charge in [0.05, 0.1) is 11.4 Å². The van der Waals surface area contributed by atoms with Crippen LogP contribution in [0.2, 0.25) is 5.02 Å². The van der Waals surface area contributed by atoms with Gasteiger partial charge in [-0.3, -0.25) is 4.79 Å². The van der Waals surface area contributed by atoms with E-state index in [1.807, 2.05) is 31.2 Å². The van der Waals surface area contributed by atoms with Crippen LogP contribution in [0.25, 0.3) is 11.3 Å². The minimum atomic E-state index is -0.00947. The predicted molar refractivity (Wildman–Crippen MR) is 92.9 cm³/mol. The zero-order chi connectivity index (χ0) is 17.1. The molecule has 2 aromatic rings. The molecule has 0 radical (unpaired) electrons. The third kappa shape index (κ3) is 3.42. The molecule has 0 saturated carbocycles. The number of hydrogen-bond donors (Lipinski definition) is 0. The van der Waals surface area contributed by atoms with Crippen molar-refractivity contribution in [3.8, 4) is 11.3 Å².